The van der Waals surface area contributed by atoms with E-state index in [2.05, 4.69) is 54.1 Å². The van der Waals surface area contributed by atoms with Crippen LogP contribution in [0.2, 0.25) is 0 Å². The molecule has 0 bridgehead atoms. The van der Waals surface area contributed by atoms with Gasteiger partial charge in [0.1, 0.15) is 0 Å². The van der Waals surface area contributed by atoms with Crippen LogP contribution in [0.15, 0.2) is 108 Å². The molecule has 214 valence electrons. The van der Waals surface area contributed by atoms with Gasteiger partial charge >= 0.3 is 0 Å². The second kappa shape index (κ2) is 13.3. The van der Waals surface area contributed by atoms with Gasteiger partial charge in [-0.1, -0.05) is 72.8 Å². The maximum absolute atomic E-state index is 13.2. The maximum Gasteiger partial charge on any atom is 0.251 e. The van der Waals surface area contributed by atoms with E-state index < -0.39 is 6.10 Å². The number of anilines is 1. The summed E-state index contributed by atoms with van der Waals surface area (Å²) in [5.41, 5.74) is 6.60. The molecule has 1 atom stereocenters. The zero-order valence-corrected chi connectivity index (χ0v) is 23.9. The molecule has 42 heavy (non-hydrogen) atoms. The first kappa shape index (κ1) is 28.8. The highest BCUT2D eigenvalue weighted by atomic mass is 16.3. The highest BCUT2D eigenvalue weighted by Gasteiger charge is 2.21. The number of hydrogen-bond donors (Lipinski definition) is 2. The number of aliphatic hydroxyl groups is 1. The van der Waals surface area contributed by atoms with E-state index in [1.165, 1.54) is 23.1 Å². The molecule has 0 saturated carbocycles. The molecule has 1 aliphatic rings. The standard InChI is InChI=1S/C36H36N2O4/c1-25-10-6-7-14-32(25)38-19-8-11-27(18-20-38)22-29-16-17-30(23-31(29)26(2)35(40)34-15-9-21-42-34)36(41)37-24-33(39)28-12-4-3-5-13-28/h3-7,9-10,12-17,21-23,33,39H,2,8,11,18-20,24H2,1H3,(H,37,41)/b27-22-/t33-/m0/s1. The summed E-state index contributed by atoms with van der Waals surface area (Å²) in [4.78, 5) is 28.8. The lowest BCUT2D eigenvalue weighted by Crippen LogP contribution is -2.28. The first-order valence-corrected chi connectivity index (χ1v) is 14.3. The van der Waals surface area contributed by atoms with Crippen molar-refractivity contribution in [1.29, 1.82) is 0 Å². The van der Waals surface area contributed by atoms with Crippen molar-refractivity contribution in [3.05, 3.63) is 137 Å². The van der Waals surface area contributed by atoms with Gasteiger partial charge in [0.05, 0.1) is 12.4 Å². The number of aryl methyl sites for hydroxylation is 1. The zero-order chi connectivity index (χ0) is 29.5. The zero-order valence-electron chi connectivity index (χ0n) is 23.9. The Labute approximate surface area is 247 Å². The Balaban J connectivity index is 1.39. The fourth-order valence-electron chi connectivity index (χ4n) is 5.38. The minimum Gasteiger partial charge on any atom is -0.461 e. The quantitative estimate of drug-likeness (QED) is 0.170. The second-order valence-corrected chi connectivity index (χ2v) is 10.7. The number of rotatable bonds is 9. The van der Waals surface area contributed by atoms with Gasteiger partial charge in [0.2, 0.25) is 5.78 Å². The average Bonchev–Trinajstić information content (AvgIpc) is 3.47. The lowest BCUT2D eigenvalue weighted by molar-refractivity contribution is 0.0915. The number of benzene rings is 3. The van der Waals surface area contributed by atoms with E-state index in [0.717, 1.165) is 43.5 Å². The predicted octanol–water partition coefficient (Wildman–Crippen LogP) is 7.02. The average molecular weight is 561 g/mol. The third kappa shape index (κ3) is 6.78. The maximum atomic E-state index is 13.2. The molecule has 4 aromatic rings. The number of furan rings is 1. The Bertz CT molecular complexity index is 1590. The number of carbonyl (C=O) groups excluding carboxylic acids is 2. The van der Waals surface area contributed by atoms with Crippen molar-refractivity contribution in [2.24, 2.45) is 0 Å². The first-order valence-electron chi connectivity index (χ1n) is 14.3. The van der Waals surface area contributed by atoms with E-state index in [0.29, 0.717) is 11.1 Å². The Morgan fingerprint density at radius 3 is 2.55 bits per heavy atom. The van der Waals surface area contributed by atoms with Crippen molar-refractivity contribution in [2.75, 3.05) is 24.5 Å². The number of Topliss-reactive ketones (excluding diaryl/α,β-unsaturated/α-hetero) is 1. The lowest BCUT2D eigenvalue weighted by atomic mass is 9.92. The normalized spacial score (nSPS) is 15.2. The lowest BCUT2D eigenvalue weighted by Gasteiger charge is -2.24. The molecule has 6 heteroatoms. The van der Waals surface area contributed by atoms with E-state index in [1.54, 1.807) is 24.3 Å². The number of hydrogen-bond acceptors (Lipinski definition) is 5. The smallest absolute Gasteiger partial charge is 0.251 e. The molecule has 1 aromatic heterocycles. The van der Waals surface area contributed by atoms with Crippen molar-refractivity contribution < 1.29 is 19.1 Å². The monoisotopic (exact) mass is 560 g/mol. The molecule has 1 aliphatic heterocycles. The largest absolute Gasteiger partial charge is 0.461 e. The van der Waals surface area contributed by atoms with E-state index in [4.69, 9.17) is 4.42 Å². The van der Waals surface area contributed by atoms with Gasteiger partial charge in [0.15, 0.2) is 5.76 Å². The topological polar surface area (TPSA) is 82.8 Å². The van der Waals surface area contributed by atoms with Crippen LogP contribution in [-0.4, -0.2) is 36.4 Å². The Morgan fingerprint density at radius 1 is 1.00 bits per heavy atom. The molecule has 0 unspecified atom stereocenters. The molecule has 0 spiro atoms. The fourth-order valence-corrected chi connectivity index (χ4v) is 5.38. The highest BCUT2D eigenvalue weighted by molar-refractivity contribution is 6.28. The van der Waals surface area contributed by atoms with Gasteiger partial charge in [0.25, 0.3) is 5.91 Å². The molecule has 1 fully saturated rings. The summed E-state index contributed by atoms with van der Waals surface area (Å²) >= 11 is 0. The van der Waals surface area contributed by atoms with Crippen molar-refractivity contribution in [2.45, 2.75) is 32.3 Å². The van der Waals surface area contributed by atoms with Crippen molar-refractivity contribution in [3.63, 3.8) is 0 Å². The summed E-state index contributed by atoms with van der Waals surface area (Å²) in [5.74, 6) is -0.474. The minimum atomic E-state index is -0.830. The van der Waals surface area contributed by atoms with Gasteiger partial charge < -0.3 is 19.7 Å². The summed E-state index contributed by atoms with van der Waals surface area (Å²) in [6.07, 6.45) is 5.62. The Hall–Kier alpha value is -4.68. The van der Waals surface area contributed by atoms with E-state index >= 15 is 0 Å². The van der Waals surface area contributed by atoms with Gasteiger partial charge in [-0.2, -0.15) is 0 Å². The first-order chi connectivity index (χ1) is 20.4. The van der Waals surface area contributed by atoms with Crippen LogP contribution in [-0.2, 0) is 0 Å². The number of ketones is 1. The van der Waals surface area contributed by atoms with Gasteiger partial charge in [0, 0.05) is 36.5 Å². The van der Waals surface area contributed by atoms with E-state index in [9.17, 15) is 14.7 Å². The number of allylic oxidation sites excluding steroid dienone is 1. The van der Waals surface area contributed by atoms with Gasteiger partial charge in [-0.25, -0.2) is 0 Å². The van der Waals surface area contributed by atoms with Crippen LogP contribution in [0.5, 0.6) is 0 Å². The molecule has 2 N–H and O–H groups in total. The van der Waals surface area contributed by atoms with Crippen LogP contribution in [0.1, 0.15) is 68.5 Å². The van der Waals surface area contributed by atoms with E-state index in [1.807, 2.05) is 36.4 Å². The number of aliphatic hydroxyl groups excluding tert-OH is 1. The Morgan fingerprint density at radius 2 is 1.79 bits per heavy atom. The number of para-hydroxylation sites is 1. The van der Waals surface area contributed by atoms with Gasteiger partial charge in [-0.15, -0.1) is 0 Å². The molecular formula is C36H36N2O4. The summed E-state index contributed by atoms with van der Waals surface area (Å²) in [5, 5.41) is 13.3. The third-order valence-electron chi connectivity index (χ3n) is 7.74. The number of amides is 1. The molecule has 1 amide bonds. The van der Waals surface area contributed by atoms with Crippen LogP contribution in [0.3, 0.4) is 0 Å². The summed E-state index contributed by atoms with van der Waals surface area (Å²) in [7, 11) is 0. The number of nitrogens with one attached hydrogen (secondary N) is 1. The third-order valence-corrected chi connectivity index (χ3v) is 7.74. The van der Waals surface area contributed by atoms with Crippen molar-refractivity contribution in [1.82, 2.24) is 5.32 Å². The summed E-state index contributed by atoms with van der Waals surface area (Å²) < 4.78 is 5.35. The van der Waals surface area contributed by atoms with E-state index in [-0.39, 0.29) is 29.6 Å². The molecule has 0 radical (unpaired) electrons. The molecule has 6 nitrogen and oxygen atoms in total. The van der Waals surface area contributed by atoms with Crippen LogP contribution in [0, 0.1) is 6.92 Å². The van der Waals surface area contributed by atoms with Gasteiger partial charge in [-0.05, 0) is 78.8 Å². The van der Waals surface area contributed by atoms with Crippen LogP contribution in [0.4, 0.5) is 5.69 Å². The molecule has 0 aliphatic carbocycles. The van der Waals surface area contributed by atoms with Crippen LogP contribution < -0.4 is 10.2 Å². The van der Waals surface area contributed by atoms with Crippen LogP contribution in [0.25, 0.3) is 11.6 Å². The summed E-state index contributed by atoms with van der Waals surface area (Å²) in [6.45, 7) is 8.20. The molecule has 1 saturated heterocycles. The van der Waals surface area contributed by atoms with Crippen molar-refractivity contribution in [3.8, 4) is 0 Å². The second-order valence-electron chi connectivity index (χ2n) is 10.7. The minimum absolute atomic E-state index is 0.0631. The Kier molecular flexibility index (Phi) is 9.15. The molecule has 3 aromatic carbocycles. The molecule has 5 rings (SSSR count). The number of nitrogens with zero attached hydrogens (tertiary/aromatic N) is 1. The molecule has 2 heterocycles. The molecular weight excluding hydrogens is 524 g/mol. The SMILES string of the molecule is C=C(C(=O)c1ccco1)c1cc(C(=O)NC[C@H](O)c2ccccc2)ccc1/C=C1/CCCN(c2ccccc2C)CC1. The summed E-state index contributed by atoms with van der Waals surface area (Å²) in [6, 6.07) is 26.3. The highest BCUT2D eigenvalue weighted by Crippen LogP contribution is 2.30. The number of carbonyl (C=O) groups is 2. The van der Waals surface area contributed by atoms with Crippen LogP contribution >= 0.6 is 0 Å². The fraction of sp³-hybridized carbons (Fsp3) is 0.222. The predicted molar refractivity (Wildman–Crippen MR) is 167 cm³/mol. The van der Waals surface area contributed by atoms with Crippen molar-refractivity contribution >= 4 is 29.0 Å². The van der Waals surface area contributed by atoms with Gasteiger partial charge in [-0.3, -0.25) is 9.59 Å².